The van der Waals surface area contributed by atoms with Gasteiger partial charge in [-0.05, 0) is 82.4 Å². The predicted molar refractivity (Wildman–Crippen MR) is 128 cm³/mol. The Hall–Kier alpha value is -3.55. The largest absolute Gasteiger partial charge is 0.465 e. The molecule has 0 radical (unpaired) electrons. The van der Waals surface area contributed by atoms with E-state index in [1.54, 1.807) is 48.5 Å². The molecule has 1 aliphatic heterocycles. The molecule has 0 aromatic heterocycles. The molecule has 0 unspecified atom stereocenters. The van der Waals surface area contributed by atoms with Gasteiger partial charge in [-0.2, -0.15) is 4.31 Å². The Morgan fingerprint density at radius 2 is 1.65 bits per heavy atom. The maximum Gasteiger partial charge on any atom is 0.337 e. The SMILES string of the molecule is COC(=O)c1ccc2cc3c(c(-c4ccc(F)cc4)c2c1)CN(S(=O)(=O)c1ccc(C)cc1)C3. The number of rotatable bonds is 4. The topological polar surface area (TPSA) is 63.7 Å². The maximum absolute atomic E-state index is 13.7. The summed E-state index contributed by atoms with van der Waals surface area (Å²) in [7, 11) is -2.39. The summed E-state index contributed by atoms with van der Waals surface area (Å²) in [6.45, 7) is 2.32. The second kappa shape index (κ2) is 8.34. The van der Waals surface area contributed by atoms with E-state index >= 15 is 0 Å². The fourth-order valence-electron chi connectivity index (χ4n) is 4.46. The number of carbonyl (C=O) groups is 1. The first-order chi connectivity index (χ1) is 16.3. The van der Waals surface area contributed by atoms with E-state index in [-0.39, 0.29) is 23.8 Å². The van der Waals surface area contributed by atoms with E-state index in [9.17, 15) is 17.6 Å². The Balaban J connectivity index is 1.69. The summed E-state index contributed by atoms with van der Waals surface area (Å²) in [5, 5.41) is 1.64. The number of methoxy groups -OCH3 is 1. The summed E-state index contributed by atoms with van der Waals surface area (Å²) in [6, 6.07) is 20.1. The van der Waals surface area contributed by atoms with Crippen LogP contribution in [0.2, 0.25) is 0 Å². The molecular formula is C27H22FNO4S. The zero-order chi connectivity index (χ0) is 24.0. The van der Waals surface area contributed by atoms with Crippen LogP contribution in [0.1, 0.15) is 27.0 Å². The van der Waals surface area contributed by atoms with Gasteiger partial charge in [-0.15, -0.1) is 0 Å². The maximum atomic E-state index is 13.7. The number of carbonyl (C=O) groups excluding carboxylic acids is 1. The number of hydrogen-bond donors (Lipinski definition) is 0. The van der Waals surface area contributed by atoms with Crippen molar-refractivity contribution in [1.82, 2.24) is 4.31 Å². The van der Waals surface area contributed by atoms with Gasteiger partial charge in [0.05, 0.1) is 17.6 Å². The molecule has 4 aromatic rings. The third kappa shape index (κ3) is 3.77. The number of aryl methyl sites for hydroxylation is 1. The first-order valence-corrected chi connectivity index (χ1v) is 12.2. The van der Waals surface area contributed by atoms with E-state index in [0.717, 1.165) is 38.6 Å². The number of esters is 1. The fraction of sp³-hybridized carbons (Fsp3) is 0.148. The van der Waals surface area contributed by atoms with Crippen molar-refractivity contribution in [2.75, 3.05) is 7.11 Å². The molecule has 172 valence electrons. The molecule has 34 heavy (non-hydrogen) atoms. The molecule has 0 amide bonds. The van der Waals surface area contributed by atoms with Crippen LogP contribution in [0.3, 0.4) is 0 Å². The molecule has 0 fully saturated rings. The molecule has 0 N–H and O–H groups in total. The van der Waals surface area contributed by atoms with Crippen LogP contribution in [-0.2, 0) is 27.8 Å². The predicted octanol–water partition coefficient (Wildman–Crippen LogP) is 5.45. The number of benzene rings is 4. The molecule has 1 heterocycles. The van der Waals surface area contributed by atoms with E-state index in [1.165, 1.54) is 23.5 Å². The second-order valence-electron chi connectivity index (χ2n) is 8.41. The summed E-state index contributed by atoms with van der Waals surface area (Å²) in [6.07, 6.45) is 0. The van der Waals surface area contributed by atoms with Crippen LogP contribution < -0.4 is 0 Å². The average Bonchev–Trinajstić information content (AvgIpc) is 3.27. The lowest BCUT2D eigenvalue weighted by Gasteiger charge is -2.16. The second-order valence-corrected chi connectivity index (χ2v) is 10.3. The third-order valence-corrected chi connectivity index (χ3v) is 8.04. The molecule has 0 spiro atoms. The fourth-order valence-corrected chi connectivity index (χ4v) is 5.85. The highest BCUT2D eigenvalue weighted by atomic mass is 32.2. The van der Waals surface area contributed by atoms with Crippen molar-refractivity contribution in [3.05, 3.63) is 101 Å². The molecule has 0 bridgehead atoms. The van der Waals surface area contributed by atoms with Crippen molar-refractivity contribution < 1.29 is 22.3 Å². The van der Waals surface area contributed by atoms with Crippen molar-refractivity contribution in [2.45, 2.75) is 24.9 Å². The van der Waals surface area contributed by atoms with Crippen molar-refractivity contribution in [2.24, 2.45) is 0 Å². The van der Waals surface area contributed by atoms with Crippen LogP contribution in [0.5, 0.6) is 0 Å². The highest BCUT2D eigenvalue weighted by Crippen LogP contribution is 2.41. The molecule has 0 saturated heterocycles. The summed E-state index contributed by atoms with van der Waals surface area (Å²) >= 11 is 0. The molecule has 5 rings (SSSR count). The molecule has 5 nitrogen and oxygen atoms in total. The van der Waals surface area contributed by atoms with Gasteiger partial charge in [0.1, 0.15) is 5.82 Å². The van der Waals surface area contributed by atoms with Crippen LogP contribution >= 0.6 is 0 Å². The average molecular weight is 476 g/mol. The number of nitrogens with zero attached hydrogens (tertiary/aromatic N) is 1. The highest BCUT2D eigenvalue weighted by molar-refractivity contribution is 7.89. The Kier molecular flexibility index (Phi) is 5.46. The number of fused-ring (bicyclic) bond motifs is 2. The first-order valence-electron chi connectivity index (χ1n) is 10.8. The van der Waals surface area contributed by atoms with Gasteiger partial charge >= 0.3 is 5.97 Å². The standard InChI is InChI=1S/C27H22FNO4S/c1-17-3-11-23(12-4-17)34(31,32)29-15-21-13-19-5-6-20(27(30)33-2)14-24(19)26(25(21)16-29)18-7-9-22(28)10-8-18/h3-14H,15-16H2,1-2H3. The Labute approximate surface area is 197 Å². The Bertz CT molecular complexity index is 1530. The third-order valence-electron chi connectivity index (χ3n) is 6.24. The van der Waals surface area contributed by atoms with E-state index in [2.05, 4.69) is 0 Å². The van der Waals surface area contributed by atoms with Gasteiger partial charge in [0.2, 0.25) is 10.0 Å². The smallest absolute Gasteiger partial charge is 0.337 e. The van der Waals surface area contributed by atoms with Crippen LogP contribution in [0.15, 0.2) is 77.7 Å². The van der Waals surface area contributed by atoms with Crippen molar-refractivity contribution in [3.8, 4) is 11.1 Å². The summed E-state index contributed by atoms with van der Waals surface area (Å²) in [4.78, 5) is 12.4. The van der Waals surface area contributed by atoms with Crippen molar-refractivity contribution in [1.29, 1.82) is 0 Å². The minimum absolute atomic E-state index is 0.177. The zero-order valence-corrected chi connectivity index (χ0v) is 19.5. The molecular weight excluding hydrogens is 453 g/mol. The lowest BCUT2D eigenvalue weighted by Crippen LogP contribution is -2.25. The minimum Gasteiger partial charge on any atom is -0.465 e. The molecule has 0 atom stereocenters. The lowest BCUT2D eigenvalue weighted by molar-refractivity contribution is 0.0601. The van der Waals surface area contributed by atoms with Crippen molar-refractivity contribution in [3.63, 3.8) is 0 Å². The van der Waals surface area contributed by atoms with E-state index in [0.29, 0.717) is 5.56 Å². The quantitative estimate of drug-likeness (QED) is 0.369. The molecule has 4 aromatic carbocycles. The molecule has 0 saturated carbocycles. The van der Waals surface area contributed by atoms with Gasteiger partial charge in [0, 0.05) is 13.1 Å². The monoisotopic (exact) mass is 475 g/mol. The Morgan fingerprint density at radius 3 is 2.32 bits per heavy atom. The number of halogens is 1. The number of hydrogen-bond acceptors (Lipinski definition) is 4. The van der Waals surface area contributed by atoms with Gasteiger partial charge in [-0.3, -0.25) is 0 Å². The molecule has 1 aliphatic rings. The summed E-state index contributed by atoms with van der Waals surface area (Å²) in [5.74, 6) is -0.824. The van der Waals surface area contributed by atoms with Crippen LogP contribution in [0.25, 0.3) is 21.9 Å². The van der Waals surface area contributed by atoms with Gasteiger partial charge in [-0.1, -0.05) is 35.9 Å². The Morgan fingerprint density at radius 1 is 0.941 bits per heavy atom. The van der Waals surface area contributed by atoms with Crippen LogP contribution in [-0.4, -0.2) is 25.8 Å². The summed E-state index contributed by atoms with van der Waals surface area (Å²) in [5.41, 5.74) is 4.64. The van der Waals surface area contributed by atoms with Crippen LogP contribution in [0, 0.1) is 12.7 Å². The van der Waals surface area contributed by atoms with E-state index in [4.69, 9.17) is 4.74 Å². The van der Waals surface area contributed by atoms with Gasteiger partial charge in [-0.25, -0.2) is 17.6 Å². The molecule has 7 heteroatoms. The number of ether oxygens (including phenoxy) is 1. The van der Waals surface area contributed by atoms with E-state index < -0.39 is 16.0 Å². The normalized spacial score (nSPS) is 13.7. The summed E-state index contributed by atoms with van der Waals surface area (Å²) < 4.78 is 46.8. The lowest BCUT2D eigenvalue weighted by atomic mass is 9.90. The minimum atomic E-state index is -3.71. The molecule has 0 aliphatic carbocycles. The number of sulfonamides is 1. The highest BCUT2D eigenvalue weighted by Gasteiger charge is 2.33. The zero-order valence-electron chi connectivity index (χ0n) is 18.7. The van der Waals surface area contributed by atoms with Gasteiger partial charge in [0.25, 0.3) is 0 Å². The van der Waals surface area contributed by atoms with Gasteiger partial charge < -0.3 is 4.74 Å². The van der Waals surface area contributed by atoms with Gasteiger partial charge in [0.15, 0.2) is 0 Å². The van der Waals surface area contributed by atoms with E-state index in [1.807, 2.05) is 19.1 Å². The van der Waals surface area contributed by atoms with Crippen molar-refractivity contribution >= 4 is 26.8 Å². The first kappa shape index (κ1) is 22.3. The van der Waals surface area contributed by atoms with Crippen LogP contribution in [0.4, 0.5) is 4.39 Å².